The Morgan fingerprint density at radius 2 is 1.96 bits per heavy atom. The van der Waals surface area contributed by atoms with Crippen LogP contribution < -0.4 is 22.0 Å². The maximum absolute atomic E-state index is 11.9. The first-order valence-corrected chi connectivity index (χ1v) is 6.98. The zero-order valence-electron chi connectivity index (χ0n) is 12.9. The van der Waals surface area contributed by atoms with Gasteiger partial charge in [0, 0.05) is 0 Å². The molecule has 0 aliphatic carbocycles. The lowest BCUT2D eigenvalue weighted by atomic mass is 10.1. The fraction of sp³-hybridized carbons (Fsp3) is 0.143. The molecule has 0 saturated carbocycles. The Morgan fingerprint density at radius 1 is 1.28 bits per heavy atom. The number of aromatic carboxylic acids is 1. The molecule has 0 saturated heterocycles. The van der Waals surface area contributed by atoms with Gasteiger partial charge in [-0.15, -0.1) is 5.10 Å². The predicted octanol–water partition coefficient (Wildman–Crippen LogP) is -0.893. The van der Waals surface area contributed by atoms with Crippen LogP contribution in [-0.2, 0) is 4.79 Å². The van der Waals surface area contributed by atoms with Crippen LogP contribution in [0.25, 0.3) is 0 Å². The number of hydrogen-bond donors (Lipinski definition) is 5. The number of nitrogens with zero attached hydrogens (tertiary/aromatic N) is 2. The molecule has 1 aromatic carbocycles. The zero-order chi connectivity index (χ0) is 18.4. The van der Waals surface area contributed by atoms with Crippen LogP contribution in [0.2, 0.25) is 0 Å². The molecule has 130 valence electrons. The minimum Gasteiger partial charge on any atom is -0.478 e. The minimum atomic E-state index is -1.04. The summed E-state index contributed by atoms with van der Waals surface area (Å²) in [4.78, 5) is 46.9. The van der Waals surface area contributed by atoms with Crippen molar-refractivity contribution in [2.75, 3.05) is 5.32 Å². The largest absolute Gasteiger partial charge is 0.478 e. The number of benzene rings is 1. The number of hydrogen-bond acceptors (Lipinski definition) is 7. The van der Waals surface area contributed by atoms with E-state index in [-0.39, 0.29) is 11.4 Å². The number of H-pyrrole nitrogens is 2. The number of hydrazone groups is 1. The van der Waals surface area contributed by atoms with Gasteiger partial charge in [-0.2, -0.15) is 5.10 Å². The molecule has 0 spiro atoms. The molecule has 2 aromatic rings. The Labute approximate surface area is 139 Å². The van der Waals surface area contributed by atoms with Gasteiger partial charge >= 0.3 is 11.7 Å². The van der Waals surface area contributed by atoms with Crippen LogP contribution in [0.1, 0.15) is 22.8 Å². The molecule has 1 heterocycles. The number of anilines is 1. The molecule has 0 aliphatic heterocycles. The Bertz CT molecular complexity index is 914. The number of carboxylic acids is 1. The van der Waals surface area contributed by atoms with E-state index in [0.29, 0.717) is 5.56 Å². The minimum absolute atomic E-state index is 0.137. The fourth-order valence-corrected chi connectivity index (χ4v) is 1.70. The van der Waals surface area contributed by atoms with Gasteiger partial charge in [0.05, 0.1) is 11.8 Å². The van der Waals surface area contributed by atoms with E-state index in [0.717, 1.165) is 0 Å². The van der Waals surface area contributed by atoms with E-state index < -0.39 is 29.2 Å². The summed E-state index contributed by atoms with van der Waals surface area (Å²) in [6.45, 7) is 1.47. The van der Waals surface area contributed by atoms with Crippen molar-refractivity contribution in [2.45, 2.75) is 13.0 Å². The summed E-state index contributed by atoms with van der Waals surface area (Å²) >= 11 is 0. The molecular formula is C14H14N6O5. The Hall–Kier alpha value is -3.76. The lowest BCUT2D eigenvalue weighted by Crippen LogP contribution is -2.38. The van der Waals surface area contributed by atoms with Gasteiger partial charge in [0.2, 0.25) is 5.82 Å². The topological polar surface area (TPSA) is 169 Å². The van der Waals surface area contributed by atoms with Crippen molar-refractivity contribution < 1.29 is 14.7 Å². The molecular weight excluding hydrogens is 332 g/mol. The quantitative estimate of drug-likeness (QED) is 0.333. The van der Waals surface area contributed by atoms with Crippen LogP contribution in [-0.4, -0.2) is 44.4 Å². The summed E-state index contributed by atoms with van der Waals surface area (Å²) in [5, 5.41) is 20.6. The molecule has 0 bridgehead atoms. The van der Waals surface area contributed by atoms with Crippen molar-refractivity contribution in [3.8, 4) is 0 Å². The summed E-state index contributed by atoms with van der Waals surface area (Å²) in [5.41, 5.74) is 1.47. The van der Waals surface area contributed by atoms with Gasteiger partial charge in [-0.1, -0.05) is 12.1 Å². The number of aromatic nitrogens is 3. The summed E-state index contributed by atoms with van der Waals surface area (Å²) in [5.74, 6) is -1.80. The molecule has 25 heavy (non-hydrogen) atoms. The van der Waals surface area contributed by atoms with Crippen LogP contribution in [0.15, 0.2) is 39.0 Å². The normalized spacial score (nSPS) is 11.9. The first kappa shape index (κ1) is 17.6. The molecule has 0 unspecified atom stereocenters. The highest BCUT2D eigenvalue weighted by atomic mass is 16.4. The third kappa shape index (κ3) is 4.86. The average molecular weight is 346 g/mol. The van der Waals surface area contributed by atoms with Gasteiger partial charge in [0.1, 0.15) is 6.04 Å². The molecule has 5 N–H and O–H groups in total. The third-order valence-electron chi connectivity index (χ3n) is 3.00. The summed E-state index contributed by atoms with van der Waals surface area (Å²) < 4.78 is 0. The molecule has 1 atom stereocenters. The van der Waals surface area contributed by atoms with Gasteiger partial charge in [-0.3, -0.25) is 14.6 Å². The van der Waals surface area contributed by atoms with Gasteiger partial charge in [0.15, 0.2) is 0 Å². The number of nitrogens with one attached hydrogen (secondary N) is 4. The smallest absolute Gasteiger partial charge is 0.342 e. The van der Waals surface area contributed by atoms with E-state index in [4.69, 9.17) is 5.11 Å². The van der Waals surface area contributed by atoms with Crippen LogP contribution >= 0.6 is 0 Å². The summed E-state index contributed by atoms with van der Waals surface area (Å²) in [6.07, 6.45) is 1.33. The van der Waals surface area contributed by atoms with Gasteiger partial charge in [-0.25, -0.2) is 20.1 Å². The summed E-state index contributed by atoms with van der Waals surface area (Å²) in [6, 6.07) is 5.02. The molecule has 0 aliphatic rings. The number of aromatic amines is 2. The van der Waals surface area contributed by atoms with E-state index in [1.807, 2.05) is 10.1 Å². The highest BCUT2D eigenvalue weighted by Crippen LogP contribution is 2.02. The van der Waals surface area contributed by atoms with E-state index >= 15 is 0 Å². The Kier molecular flexibility index (Phi) is 5.40. The lowest BCUT2D eigenvalue weighted by molar-refractivity contribution is -0.121. The van der Waals surface area contributed by atoms with Gasteiger partial charge in [-0.05, 0) is 24.6 Å². The molecule has 1 aromatic heterocycles. The number of carbonyl (C=O) groups is 2. The molecule has 2 rings (SSSR count). The Balaban J connectivity index is 1.93. The average Bonchev–Trinajstić information content (AvgIpc) is 2.57. The van der Waals surface area contributed by atoms with E-state index in [1.165, 1.54) is 37.4 Å². The van der Waals surface area contributed by atoms with Crippen molar-refractivity contribution in [1.82, 2.24) is 20.6 Å². The number of rotatable bonds is 6. The standard InChI is InChI=1S/C14H14N6O5/c1-7(16-10-12(22)17-14(25)20-18-10)11(21)19-15-6-8-2-4-9(5-3-8)13(23)24/h2-7H,1H3,(H,16,18)(H,19,21)(H,23,24)(H2,17,20,22,25)/b15-6-/t7-/m0/s1. The van der Waals surface area contributed by atoms with Gasteiger partial charge in [0.25, 0.3) is 11.5 Å². The molecule has 0 fully saturated rings. The molecule has 0 radical (unpaired) electrons. The first-order valence-electron chi connectivity index (χ1n) is 6.98. The number of carbonyl (C=O) groups excluding carboxylic acids is 1. The van der Waals surface area contributed by atoms with Crippen molar-refractivity contribution >= 4 is 23.9 Å². The van der Waals surface area contributed by atoms with Crippen LogP contribution in [0.4, 0.5) is 5.82 Å². The maximum Gasteiger partial charge on any atom is 0.342 e. The second-order valence-electron chi connectivity index (χ2n) is 4.88. The monoisotopic (exact) mass is 346 g/mol. The van der Waals surface area contributed by atoms with Crippen LogP contribution in [0, 0.1) is 0 Å². The van der Waals surface area contributed by atoms with Crippen LogP contribution in [0.3, 0.4) is 0 Å². The van der Waals surface area contributed by atoms with E-state index in [1.54, 1.807) is 0 Å². The van der Waals surface area contributed by atoms with Crippen molar-refractivity contribution in [3.05, 3.63) is 56.2 Å². The number of amides is 1. The third-order valence-corrected chi connectivity index (χ3v) is 3.00. The highest BCUT2D eigenvalue weighted by Gasteiger charge is 2.14. The van der Waals surface area contributed by atoms with Crippen molar-refractivity contribution in [1.29, 1.82) is 0 Å². The maximum atomic E-state index is 11.9. The SMILES string of the molecule is C[C@H](Nc1n[nH]c(=O)[nH]c1=O)C(=O)N/N=C\c1ccc(C(=O)O)cc1. The number of carboxylic acid groups (broad SMARTS) is 1. The van der Waals surface area contributed by atoms with E-state index in [2.05, 4.69) is 20.9 Å². The highest BCUT2D eigenvalue weighted by molar-refractivity contribution is 5.90. The summed E-state index contributed by atoms with van der Waals surface area (Å²) in [7, 11) is 0. The second-order valence-corrected chi connectivity index (χ2v) is 4.88. The first-order chi connectivity index (χ1) is 11.9. The van der Waals surface area contributed by atoms with Crippen LogP contribution in [0.5, 0.6) is 0 Å². The fourth-order valence-electron chi connectivity index (χ4n) is 1.70. The zero-order valence-corrected chi connectivity index (χ0v) is 12.9. The molecule has 11 nitrogen and oxygen atoms in total. The van der Waals surface area contributed by atoms with Crippen molar-refractivity contribution in [2.24, 2.45) is 5.10 Å². The molecule has 1 amide bonds. The van der Waals surface area contributed by atoms with Gasteiger partial charge < -0.3 is 10.4 Å². The lowest BCUT2D eigenvalue weighted by Gasteiger charge is -2.11. The molecule has 11 heteroatoms. The van der Waals surface area contributed by atoms with E-state index in [9.17, 15) is 19.2 Å². The predicted molar refractivity (Wildman–Crippen MR) is 87.7 cm³/mol. The second kappa shape index (κ2) is 7.68. The van der Waals surface area contributed by atoms with Crippen molar-refractivity contribution in [3.63, 3.8) is 0 Å². The Morgan fingerprint density at radius 3 is 2.56 bits per heavy atom.